The van der Waals surface area contributed by atoms with Gasteiger partial charge in [-0.3, -0.25) is 0 Å². The summed E-state index contributed by atoms with van der Waals surface area (Å²) in [5.41, 5.74) is 8.23. The molecule has 1 saturated carbocycles. The van der Waals surface area contributed by atoms with Crippen molar-refractivity contribution >= 4 is 11.4 Å². The molecule has 0 saturated heterocycles. The van der Waals surface area contributed by atoms with Gasteiger partial charge >= 0.3 is 0 Å². The van der Waals surface area contributed by atoms with Gasteiger partial charge in [-0.15, -0.1) is 0 Å². The van der Waals surface area contributed by atoms with E-state index in [0.717, 1.165) is 11.4 Å². The van der Waals surface area contributed by atoms with Crippen molar-refractivity contribution in [2.75, 3.05) is 18.2 Å². The number of anilines is 2. The van der Waals surface area contributed by atoms with Gasteiger partial charge in [-0.05, 0) is 36.8 Å². The van der Waals surface area contributed by atoms with Crippen LogP contribution in [0.2, 0.25) is 0 Å². The van der Waals surface area contributed by atoms with E-state index in [2.05, 4.69) is 19.2 Å². The fraction of sp³-hybridized carbons (Fsp3) is 0.600. The summed E-state index contributed by atoms with van der Waals surface area (Å²) in [6, 6.07) is 6.42. The van der Waals surface area contributed by atoms with Crippen molar-refractivity contribution < 1.29 is 4.74 Å². The second kappa shape index (κ2) is 5.09. The SMILES string of the molecule is COc1cccc(NC2CCCC(C)(C)C2)c1N. The molecule has 1 aliphatic carbocycles. The van der Waals surface area contributed by atoms with Gasteiger partial charge in [0.15, 0.2) is 0 Å². The molecule has 0 bridgehead atoms. The lowest BCUT2D eigenvalue weighted by Gasteiger charge is -2.36. The molecule has 0 spiro atoms. The molecule has 1 unspecified atom stereocenters. The number of methoxy groups -OCH3 is 1. The lowest BCUT2D eigenvalue weighted by atomic mass is 9.75. The fourth-order valence-corrected chi connectivity index (χ4v) is 2.89. The van der Waals surface area contributed by atoms with Crippen molar-refractivity contribution in [1.29, 1.82) is 0 Å². The molecule has 3 N–H and O–H groups in total. The van der Waals surface area contributed by atoms with Gasteiger partial charge in [-0.1, -0.05) is 26.3 Å². The second-order valence-electron chi connectivity index (χ2n) is 6.02. The number of nitrogen functional groups attached to an aromatic ring is 1. The van der Waals surface area contributed by atoms with Crippen LogP contribution >= 0.6 is 0 Å². The summed E-state index contributed by atoms with van der Waals surface area (Å²) < 4.78 is 5.25. The van der Waals surface area contributed by atoms with E-state index in [-0.39, 0.29) is 0 Å². The van der Waals surface area contributed by atoms with Gasteiger partial charge in [0.25, 0.3) is 0 Å². The highest BCUT2D eigenvalue weighted by molar-refractivity contribution is 5.73. The molecule has 1 aliphatic rings. The maximum atomic E-state index is 6.09. The molecule has 1 aromatic rings. The minimum absolute atomic E-state index is 0.434. The first kappa shape index (κ1) is 13.1. The van der Waals surface area contributed by atoms with E-state index in [1.165, 1.54) is 25.7 Å². The smallest absolute Gasteiger partial charge is 0.143 e. The summed E-state index contributed by atoms with van der Waals surface area (Å²) in [5, 5.41) is 3.57. The Labute approximate surface area is 110 Å². The Morgan fingerprint density at radius 2 is 2.17 bits per heavy atom. The van der Waals surface area contributed by atoms with Crippen LogP contribution in [0.4, 0.5) is 11.4 Å². The Bertz CT molecular complexity index is 415. The normalized spacial score (nSPS) is 22.5. The Hall–Kier alpha value is -1.38. The molecule has 0 heterocycles. The third-order valence-electron chi connectivity index (χ3n) is 3.85. The Morgan fingerprint density at radius 1 is 1.39 bits per heavy atom. The van der Waals surface area contributed by atoms with Crippen LogP contribution in [0.1, 0.15) is 39.5 Å². The Kier molecular flexibility index (Phi) is 3.69. The molecule has 0 radical (unpaired) electrons. The average molecular weight is 248 g/mol. The zero-order chi connectivity index (χ0) is 13.2. The minimum atomic E-state index is 0.434. The van der Waals surface area contributed by atoms with E-state index in [1.807, 2.05) is 18.2 Å². The molecule has 3 heteroatoms. The topological polar surface area (TPSA) is 47.3 Å². The first-order valence-electron chi connectivity index (χ1n) is 6.71. The van der Waals surface area contributed by atoms with Gasteiger partial charge in [0.1, 0.15) is 5.75 Å². The van der Waals surface area contributed by atoms with Gasteiger partial charge in [-0.2, -0.15) is 0 Å². The maximum Gasteiger partial charge on any atom is 0.143 e. The van der Waals surface area contributed by atoms with E-state index in [0.29, 0.717) is 17.1 Å². The zero-order valence-electron chi connectivity index (χ0n) is 11.6. The maximum absolute atomic E-state index is 6.09. The molecule has 0 aliphatic heterocycles. The van der Waals surface area contributed by atoms with E-state index >= 15 is 0 Å². The highest BCUT2D eigenvalue weighted by Crippen LogP contribution is 2.38. The second-order valence-corrected chi connectivity index (χ2v) is 6.02. The van der Waals surface area contributed by atoms with Crippen LogP contribution in [-0.2, 0) is 0 Å². The van der Waals surface area contributed by atoms with E-state index in [1.54, 1.807) is 7.11 Å². The summed E-state index contributed by atoms with van der Waals surface area (Å²) >= 11 is 0. The standard InChI is InChI=1S/C15H24N2O/c1-15(2)9-5-6-11(10-15)17-12-7-4-8-13(18-3)14(12)16/h4,7-8,11,17H,5-6,9-10,16H2,1-3H3. The molecule has 18 heavy (non-hydrogen) atoms. The van der Waals surface area contributed by atoms with Crippen molar-refractivity contribution in [3.8, 4) is 5.75 Å². The number of ether oxygens (including phenoxy) is 1. The van der Waals surface area contributed by atoms with Gasteiger partial charge < -0.3 is 15.8 Å². The monoisotopic (exact) mass is 248 g/mol. The van der Waals surface area contributed by atoms with Gasteiger partial charge in [-0.25, -0.2) is 0 Å². The number of hydrogen-bond acceptors (Lipinski definition) is 3. The van der Waals surface area contributed by atoms with Crippen LogP contribution < -0.4 is 15.8 Å². The lowest BCUT2D eigenvalue weighted by Crippen LogP contribution is -2.32. The van der Waals surface area contributed by atoms with Gasteiger partial charge in [0, 0.05) is 6.04 Å². The third-order valence-corrected chi connectivity index (χ3v) is 3.85. The van der Waals surface area contributed by atoms with Crippen LogP contribution in [0.15, 0.2) is 18.2 Å². The molecule has 2 rings (SSSR count). The van der Waals surface area contributed by atoms with Gasteiger partial charge in [0.05, 0.1) is 18.5 Å². The summed E-state index contributed by atoms with van der Waals surface area (Å²) in [4.78, 5) is 0. The number of hydrogen-bond donors (Lipinski definition) is 2. The molecule has 100 valence electrons. The summed E-state index contributed by atoms with van der Waals surface area (Å²) in [6.07, 6.45) is 5.02. The largest absolute Gasteiger partial charge is 0.495 e. The Balaban J connectivity index is 2.09. The quantitative estimate of drug-likeness (QED) is 0.802. The summed E-state index contributed by atoms with van der Waals surface area (Å²) in [5.74, 6) is 0.745. The predicted molar refractivity (Wildman–Crippen MR) is 77.1 cm³/mol. The van der Waals surface area contributed by atoms with E-state index in [4.69, 9.17) is 10.5 Å². The average Bonchev–Trinajstić information content (AvgIpc) is 2.31. The third kappa shape index (κ3) is 2.89. The molecular formula is C15H24N2O. The van der Waals surface area contributed by atoms with Crippen molar-refractivity contribution in [1.82, 2.24) is 0 Å². The lowest BCUT2D eigenvalue weighted by molar-refractivity contribution is 0.229. The number of nitrogens with one attached hydrogen (secondary N) is 1. The molecule has 3 nitrogen and oxygen atoms in total. The van der Waals surface area contributed by atoms with Crippen molar-refractivity contribution in [2.24, 2.45) is 5.41 Å². The fourth-order valence-electron chi connectivity index (χ4n) is 2.89. The van der Waals surface area contributed by atoms with Crippen molar-refractivity contribution in [3.05, 3.63) is 18.2 Å². The molecule has 1 fully saturated rings. The van der Waals surface area contributed by atoms with Crippen LogP contribution in [0.5, 0.6) is 5.75 Å². The van der Waals surface area contributed by atoms with E-state index < -0.39 is 0 Å². The number of nitrogens with two attached hydrogens (primary N) is 1. The highest BCUT2D eigenvalue weighted by atomic mass is 16.5. The number of para-hydroxylation sites is 1. The zero-order valence-corrected chi connectivity index (χ0v) is 11.6. The first-order valence-corrected chi connectivity index (χ1v) is 6.71. The molecule has 0 amide bonds. The minimum Gasteiger partial charge on any atom is -0.495 e. The van der Waals surface area contributed by atoms with Crippen molar-refractivity contribution in [3.63, 3.8) is 0 Å². The predicted octanol–water partition coefficient (Wildman–Crippen LogP) is 3.66. The van der Waals surface area contributed by atoms with Gasteiger partial charge in [0.2, 0.25) is 0 Å². The van der Waals surface area contributed by atoms with Crippen LogP contribution in [0, 0.1) is 5.41 Å². The Morgan fingerprint density at radius 3 is 2.83 bits per heavy atom. The van der Waals surface area contributed by atoms with Crippen LogP contribution in [0.3, 0.4) is 0 Å². The van der Waals surface area contributed by atoms with Crippen LogP contribution in [-0.4, -0.2) is 13.2 Å². The highest BCUT2D eigenvalue weighted by Gasteiger charge is 2.28. The number of rotatable bonds is 3. The molecule has 0 aromatic heterocycles. The first-order chi connectivity index (χ1) is 8.52. The number of benzene rings is 1. The van der Waals surface area contributed by atoms with E-state index in [9.17, 15) is 0 Å². The molecule has 1 atom stereocenters. The van der Waals surface area contributed by atoms with Crippen LogP contribution in [0.25, 0.3) is 0 Å². The summed E-state index contributed by atoms with van der Waals surface area (Å²) in [7, 11) is 1.65. The van der Waals surface area contributed by atoms with Crippen molar-refractivity contribution in [2.45, 2.75) is 45.6 Å². The molecular weight excluding hydrogens is 224 g/mol. The summed E-state index contributed by atoms with van der Waals surface area (Å²) in [6.45, 7) is 4.69. The molecule has 1 aromatic carbocycles.